The molecule has 2 N–H and O–H groups in total. The number of aryl methyl sites for hydroxylation is 3. The number of aliphatic hydroxyl groups excluding tert-OH is 2. The molecule has 2 fully saturated rings. The van der Waals surface area contributed by atoms with E-state index in [4.69, 9.17) is 4.84 Å². The number of hydrogen-bond donors (Lipinski definition) is 2. The quantitative estimate of drug-likeness (QED) is 0.810. The van der Waals surface area contributed by atoms with E-state index in [1.165, 1.54) is 0 Å². The number of β-amino-alcohol motifs (C(OH)–C–C–N with tert-alkyl or cyclic N) is 1. The van der Waals surface area contributed by atoms with Gasteiger partial charge in [-0.05, 0) is 31.9 Å². The van der Waals surface area contributed by atoms with Crippen LogP contribution in [0.2, 0.25) is 0 Å². The topological polar surface area (TPSA) is 90.3 Å². The van der Waals surface area contributed by atoms with Crippen molar-refractivity contribution in [2.75, 3.05) is 24.6 Å². The first-order chi connectivity index (χ1) is 11.8. The molecule has 2 saturated heterocycles. The Balaban J connectivity index is 1.76. The molecule has 0 bridgehead atoms. The van der Waals surface area contributed by atoms with Crippen molar-refractivity contribution >= 4 is 17.5 Å². The molecule has 3 atom stereocenters. The lowest BCUT2D eigenvalue weighted by molar-refractivity contribution is -0.238. The second-order valence-corrected chi connectivity index (χ2v) is 6.98. The molecular weight excluding hydrogens is 324 g/mol. The average molecular weight is 348 g/mol. The molecule has 2 aliphatic rings. The molecule has 2 heterocycles. The first kappa shape index (κ1) is 17.8. The van der Waals surface area contributed by atoms with Gasteiger partial charge in [0.15, 0.2) is 0 Å². The summed E-state index contributed by atoms with van der Waals surface area (Å²) in [5.74, 6) is -0.940. The summed E-state index contributed by atoms with van der Waals surface area (Å²) < 4.78 is 0. The minimum Gasteiger partial charge on any atom is -0.388 e. The molecule has 1 aromatic rings. The lowest BCUT2D eigenvalue weighted by Crippen LogP contribution is -2.52. The summed E-state index contributed by atoms with van der Waals surface area (Å²) in [4.78, 5) is 32.0. The fraction of sp³-hybridized carbons (Fsp3) is 0.556. The maximum absolute atomic E-state index is 12.6. The molecule has 0 saturated carbocycles. The molecule has 1 aromatic carbocycles. The lowest BCUT2D eigenvalue weighted by atomic mass is 10.0. The van der Waals surface area contributed by atoms with E-state index in [0.717, 1.165) is 27.4 Å². The number of hydroxylamine groups is 2. The zero-order valence-corrected chi connectivity index (χ0v) is 14.7. The largest absolute Gasteiger partial charge is 0.388 e. The molecular formula is C18H24N2O5. The highest BCUT2D eigenvalue weighted by Gasteiger charge is 2.40. The standard InChI is InChI=1S/C18H24N2O5/c1-10-4-11(2)17(12(3)5-10)19-7-13(6-16(19)23)18(24)20-8-14(21)15(22)9-25-20/h4-5,13-15,21-22H,6-9H2,1-3H3/t13?,14-,15+/m1/s1. The van der Waals surface area contributed by atoms with E-state index in [1.807, 2.05) is 32.9 Å². The molecule has 136 valence electrons. The van der Waals surface area contributed by atoms with E-state index in [-0.39, 0.29) is 31.4 Å². The molecule has 7 heteroatoms. The van der Waals surface area contributed by atoms with Gasteiger partial charge in [-0.1, -0.05) is 17.7 Å². The van der Waals surface area contributed by atoms with Crippen LogP contribution in [0.4, 0.5) is 5.69 Å². The van der Waals surface area contributed by atoms with E-state index in [2.05, 4.69) is 0 Å². The van der Waals surface area contributed by atoms with Gasteiger partial charge in [0.1, 0.15) is 18.8 Å². The Morgan fingerprint density at radius 3 is 2.36 bits per heavy atom. The predicted octanol–water partition coefficient (Wildman–Crippen LogP) is 0.460. The normalized spacial score (nSPS) is 27.1. The molecule has 3 rings (SSSR count). The van der Waals surface area contributed by atoms with Gasteiger partial charge in [0.25, 0.3) is 5.91 Å². The average Bonchev–Trinajstić information content (AvgIpc) is 2.90. The van der Waals surface area contributed by atoms with Gasteiger partial charge in [0.05, 0.1) is 12.5 Å². The van der Waals surface area contributed by atoms with Crippen molar-refractivity contribution in [3.05, 3.63) is 28.8 Å². The van der Waals surface area contributed by atoms with Gasteiger partial charge >= 0.3 is 0 Å². The molecule has 2 amide bonds. The molecule has 0 radical (unpaired) electrons. The monoisotopic (exact) mass is 348 g/mol. The van der Waals surface area contributed by atoms with Crippen LogP contribution >= 0.6 is 0 Å². The summed E-state index contributed by atoms with van der Waals surface area (Å²) >= 11 is 0. The maximum atomic E-state index is 12.6. The van der Waals surface area contributed by atoms with E-state index < -0.39 is 18.1 Å². The van der Waals surface area contributed by atoms with Crippen molar-refractivity contribution < 1.29 is 24.6 Å². The van der Waals surface area contributed by atoms with Crippen molar-refractivity contribution in [1.29, 1.82) is 0 Å². The number of benzene rings is 1. The van der Waals surface area contributed by atoms with Crippen LogP contribution in [-0.4, -0.2) is 59.0 Å². The van der Waals surface area contributed by atoms with Crippen LogP contribution in [0.3, 0.4) is 0 Å². The van der Waals surface area contributed by atoms with Gasteiger partial charge in [-0.2, -0.15) is 0 Å². The van der Waals surface area contributed by atoms with Crippen LogP contribution in [-0.2, 0) is 14.4 Å². The van der Waals surface area contributed by atoms with Gasteiger partial charge < -0.3 is 15.1 Å². The number of carbonyl (C=O) groups is 2. The van der Waals surface area contributed by atoms with Crippen molar-refractivity contribution in [2.24, 2.45) is 5.92 Å². The fourth-order valence-corrected chi connectivity index (χ4v) is 3.67. The van der Waals surface area contributed by atoms with Gasteiger partial charge in [0, 0.05) is 18.7 Å². The highest BCUT2D eigenvalue weighted by Crippen LogP contribution is 2.32. The second-order valence-electron chi connectivity index (χ2n) is 6.98. The number of carbonyl (C=O) groups excluding carboxylic acids is 2. The van der Waals surface area contributed by atoms with Crippen LogP contribution in [0.25, 0.3) is 0 Å². The number of aliphatic hydroxyl groups is 2. The third-order valence-electron chi connectivity index (χ3n) is 4.82. The summed E-state index contributed by atoms with van der Waals surface area (Å²) in [6.45, 7) is 6.00. The molecule has 0 spiro atoms. The fourth-order valence-electron chi connectivity index (χ4n) is 3.67. The number of rotatable bonds is 2. The van der Waals surface area contributed by atoms with E-state index >= 15 is 0 Å². The Hall–Kier alpha value is -1.96. The number of anilines is 1. The zero-order chi connectivity index (χ0) is 18.3. The highest BCUT2D eigenvalue weighted by atomic mass is 16.7. The Bertz CT molecular complexity index is 682. The van der Waals surface area contributed by atoms with Crippen LogP contribution in [0.5, 0.6) is 0 Å². The first-order valence-electron chi connectivity index (χ1n) is 8.46. The van der Waals surface area contributed by atoms with Crippen LogP contribution in [0, 0.1) is 26.7 Å². The summed E-state index contributed by atoms with van der Waals surface area (Å²) in [5, 5.41) is 20.3. The van der Waals surface area contributed by atoms with E-state index in [1.54, 1.807) is 4.90 Å². The number of nitrogens with zero attached hydrogens (tertiary/aromatic N) is 2. The summed E-state index contributed by atoms with van der Waals surface area (Å²) in [6.07, 6.45) is -1.92. The van der Waals surface area contributed by atoms with Crippen molar-refractivity contribution in [3.8, 4) is 0 Å². The molecule has 0 aliphatic carbocycles. The van der Waals surface area contributed by atoms with Gasteiger partial charge in [-0.3, -0.25) is 14.4 Å². The van der Waals surface area contributed by atoms with Gasteiger partial charge in [-0.15, -0.1) is 0 Å². The summed E-state index contributed by atoms with van der Waals surface area (Å²) in [7, 11) is 0. The SMILES string of the molecule is Cc1cc(C)c(N2CC(C(=O)N3C[C@@H](O)[C@@H](O)CO3)CC2=O)c(C)c1. The molecule has 0 aromatic heterocycles. The summed E-state index contributed by atoms with van der Waals surface area (Å²) in [5.41, 5.74) is 4.01. The van der Waals surface area contributed by atoms with Gasteiger partial charge in [-0.25, -0.2) is 5.06 Å². The Morgan fingerprint density at radius 1 is 1.12 bits per heavy atom. The molecule has 7 nitrogen and oxygen atoms in total. The van der Waals surface area contributed by atoms with Crippen LogP contribution < -0.4 is 4.90 Å². The van der Waals surface area contributed by atoms with Crippen LogP contribution in [0.1, 0.15) is 23.1 Å². The third-order valence-corrected chi connectivity index (χ3v) is 4.82. The smallest absolute Gasteiger partial charge is 0.251 e. The molecule has 2 aliphatic heterocycles. The van der Waals surface area contributed by atoms with E-state index in [9.17, 15) is 19.8 Å². The zero-order valence-electron chi connectivity index (χ0n) is 14.7. The predicted molar refractivity (Wildman–Crippen MR) is 90.8 cm³/mol. The highest BCUT2D eigenvalue weighted by molar-refractivity contribution is 6.01. The third kappa shape index (κ3) is 3.40. The van der Waals surface area contributed by atoms with Crippen molar-refractivity contribution in [1.82, 2.24) is 5.06 Å². The van der Waals surface area contributed by atoms with Crippen molar-refractivity contribution in [3.63, 3.8) is 0 Å². The maximum Gasteiger partial charge on any atom is 0.251 e. The minimum absolute atomic E-state index is 0.0900. The summed E-state index contributed by atoms with van der Waals surface area (Å²) in [6, 6.07) is 4.05. The lowest BCUT2D eigenvalue weighted by Gasteiger charge is -2.33. The Kier molecular flexibility index (Phi) is 4.81. The van der Waals surface area contributed by atoms with Crippen LogP contribution in [0.15, 0.2) is 12.1 Å². The van der Waals surface area contributed by atoms with Gasteiger partial charge in [0.2, 0.25) is 5.91 Å². The van der Waals surface area contributed by atoms with E-state index in [0.29, 0.717) is 6.54 Å². The second kappa shape index (κ2) is 6.74. The Labute approximate surface area is 146 Å². The number of hydrogen-bond acceptors (Lipinski definition) is 5. The Morgan fingerprint density at radius 2 is 1.76 bits per heavy atom. The number of amides is 2. The molecule has 25 heavy (non-hydrogen) atoms. The first-order valence-corrected chi connectivity index (χ1v) is 8.46. The van der Waals surface area contributed by atoms with Crippen molar-refractivity contribution in [2.45, 2.75) is 39.4 Å². The minimum atomic E-state index is -1.03. The molecule has 1 unspecified atom stereocenters.